The summed E-state index contributed by atoms with van der Waals surface area (Å²) >= 11 is -0.156. The van der Waals surface area contributed by atoms with Crippen LogP contribution >= 0.6 is 11.8 Å². The minimum absolute atomic E-state index is 0.107. The summed E-state index contributed by atoms with van der Waals surface area (Å²) in [6.45, 7) is 5.24. The molecule has 1 aromatic carbocycles. The van der Waals surface area contributed by atoms with Crippen molar-refractivity contribution in [2.24, 2.45) is 0 Å². The third-order valence-corrected chi connectivity index (χ3v) is 5.01. The molecule has 2 heterocycles. The van der Waals surface area contributed by atoms with E-state index in [-0.39, 0.29) is 22.6 Å². The lowest BCUT2D eigenvalue weighted by Crippen LogP contribution is -2.47. The SMILES string of the molecule is Cc1cc(CN2CCN(C(=O)/C=C/c3ccc(SC(F)(F)F)cc3)CC2)on1. The molecule has 1 saturated heterocycles. The van der Waals surface area contributed by atoms with Crippen LogP contribution in [0, 0.1) is 6.92 Å². The van der Waals surface area contributed by atoms with Gasteiger partial charge in [0.2, 0.25) is 5.91 Å². The Kier molecular flexibility index (Phi) is 6.46. The topological polar surface area (TPSA) is 49.6 Å². The second kappa shape index (κ2) is 8.83. The number of piperazine rings is 1. The number of hydrogen-bond donors (Lipinski definition) is 0. The van der Waals surface area contributed by atoms with Crippen molar-refractivity contribution in [1.82, 2.24) is 15.0 Å². The summed E-state index contributed by atoms with van der Waals surface area (Å²) in [4.78, 5) is 16.4. The predicted octanol–water partition coefficient (Wildman–Crippen LogP) is 3.95. The average molecular weight is 411 g/mol. The zero-order valence-corrected chi connectivity index (χ0v) is 16.1. The van der Waals surface area contributed by atoms with Crippen LogP contribution in [0.2, 0.25) is 0 Å². The number of amides is 1. The van der Waals surface area contributed by atoms with Crippen LogP contribution in [0.25, 0.3) is 6.08 Å². The maximum absolute atomic E-state index is 12.3. The van der Waals surface area contributed by atoms with Gasteiger partial charge in [-0.25, -0.2) is 0 Å². The van der Waals surface area contributed by atoms with Crippen LogP contribution in [0.15, 0.2) is 45.8 Å². The highest BCUT2D eigenvalue weighted by molar-refractivity contribution is 8.00. The number of aromatic nitrogens is 1. The van der Waals surface area contributed by atoms with E-state index in [0.717, 1.165) is 24.5 Å². The van der Waals surface area contributed by atoms with Crippen LogP contribution in [0.4, 0.5) is 13.2 Å². The average Bonchev–Trinajstić information content (AvgIpc) is 3.05. The molecule has 0 atom stereocenters. The number of benzene rings is 1. The molecule has 0 aliphatic carbocycles. The van der Waals surface area contributed by atoms with Crippen LogP contribution in [0.1, 0.15) is 17.0 Å². The largest absolute Gasteiger partial charge is 0.446 e. The summed E-state index contributed by atoms with van der Waals surface area (Å²) in [5.41, 5.74) is -2.78. The first kappa shape index (κ1) is 20.5. The first-order valence-electron chi connectivity index (χ1n) is 8.76. The van der Waals surface area contributed by atoms with Gasteiger partial charge in [0, 0.05) is 43.2 Å². The maximum atomic E-state index is 12.3. The standard InChI is InChI=1S/C19H20F3N3O2S/c1-14-12-16(27-23-14)13-24-8-10-25(11-9-24)18(26)7-4-15-2-5-17(6-3-15)28-19(20,21)22/h2-7,12H,8-11,13H2,1H3/b7-4+. The van der Waals surface area contributed by atoms with E-state index in [1.54, 1.807) is 23.1 Å². The van der Waals surface area contributed by atoms with Gasteiger partial charge in [-0.2, -0.15) is 13.2 Å². The molecule has 0 N–H and O–H groups in total. The third kappa shape index (κ3) is 6.13. The molecular weight excluding hydrogens is 391 g/mol. The predicted molar refractivity (Wildman–Crippen MR) is 100 cm³/mol. The number of halogens is 3. The number of carbonyl (C=O) groups is 1. The van der Waals surface area contributed by atoms with Crippen LogP contribution in [-0.2, 0) is 11.3 Å². The first-order chi connectivity index (χ1) is 13.3. The highest BCUT2D eigenvalue weighted by Gasteiger charge is 2.29. The fraction of sp³-hybridized carbons (Fsp3) is 0.368. The van der Waals surface area contributed by atoms with Gasteiger partial charge in [-0.15, -0.1) is 0 Å². The number of rotatable bonds is 5. The monoisotopic (exact) mass is 411 g/mol. The van der Waals surface area contributed by atoms with E-state index in [9.17, 15) is 18.0 Å². The van der Waals surface area contributed by atoms with Crippen molar-refractivity contribution in [3.05, 3.63) is 53.4 Å². The smallest absolute Gasteiger partial charge is 0.360 e. The van der Waals surface area contributed by atoms with Gasteiger partial charge >= 0.3 is 5.51 Å². The molecule has 1 aliphatic heterocycles. The van der Waals surface area contributed by atoms with Crippen molar-refractivity contribution in [1.29, 1.82) is 0 Å². The van der Waals surface area contributed by atoms with Gasteiger partial charge in [0.25, 0.3) is 0 Å². The first-order valence-corrected chi connectivity index (χ1v) is 9.57. The molecule has 1 amide bonds. The van der Waals surface area contributed by atoms with E-state index in [2.05, 4.69) is 10.1 Å². The van der Waals surface area contributed by atoms with Crippen LogP contribution < -0.4 is 0 Å². The molecule has 1 fully saturated rings. The molecule has 0 saturated carbocycles. The Balaban J connectivity index is 1.47. The Labute approximate surface area is 165 Å². The lowest BCUT2D eigenvalue weighted by molar-refractivity contribution is -0.127. The van der Waals surface area contributed by atoms with E-state index in [0.29, 0.717) is 25.2 Å². The van der Waals surface area contributed by atoms with E-state index in [1.165, 1.54) is 18.2 Å². The van der Waals surface area contributed by atoms with E-state index in [4.69, 9.17) is 4.52 Å². The molecule has 0 radical (unpaired) electrons. The molecule has 3 rings (SSSR count). The Morgan fingerprint density at radius 3 is 2.46 bits per heavy atom. The van der Waals surface area contributed by atoms with Crippen molar-refractivity contribution in [3.8, 4) is 0 Å². The fourth-order valence-corrected chi connectivity index (χ4v) is 3.43. The molecule has 0 unspecified atom stereocenters. The summed E-state index contributed by atoms with van der Waals surface area (Å²) < 4.78 is 42.2. The minimum atomic E-state index is -4.30. The summed E-state index contributed by atoms with van der Waals surface area (Å²) in [6.07, 6.45) is 3.08. The van der Waals surface area contributed by atoms with E-state index < -0.39 is 5.51 Å². The van der Waals surface area contributed by atoms with Gasteiger partial charge < -0.3 is 9.42 Å². The minimum Gasteiger partial charge on any atom is -0.360 e. The van der Waals surface area contributed by atoms with Gasteiger partial charge in [0.1, 0.15) is 0 Å². The lowest BCUT2D eigenvalue weighted by Gasteiger charge is -2.33. The Morgan fingerprint density at radius 1 is 1.21 bits per heavy atom. The number of nitrogens with zero attached hydrogens (tertiary/aromatic N) is 3. The molecule has 28 heavy (non-hydrogen) atoms. The molecule has 150 valence electrons. The quantitative estimate of drug-likeness (QED) is 0.551. The molecule has 2 aromatic rings. The molecule has 1 aliphatic rings. The fourth-order valence-electron chi connectivity index (χ4n) is 2.89. The molecule has 9 heteroatoms. The normalized spacial score (nSPS) is 16.1. The van der Waals surface area contributed by atoms with Gasteiger partial charge in [-0.3, -0.25) is 9.69 Å². The van der Waals surface area contributed by atoms with E-state index >= 15 is 0 Å². The molecule has 0 bridgehead atoms. The maximum Gasteiger partial charge on any atom is 0.446 e. The number of alkyl halides is 3. The van der Waals surface area contributed by atoms with Crippen LogP contribution in [0.5, 0.6) is 0 Å². The van der Waals surface area contributed by atoms with Crippen molar-refractivity contribution in [3.63, 3.8) is 0 Å². The molecular formula is C19H20F3N3O2S. The molecule has 1 aromatic heterocycles. The zero-order valence-electron chi connectivity index (χ0n) is 15.3. The summed E-state index contributed by atoms with van der Waals surface area (Å²) in [6, 6.07) is 7.82. The van der Waals surface area contributed by atoms with Gasteiger partial charge in [-0.1, -0.05) is 17.3 Å². The zero-order chi connectivity index (χ0) is 20.1. The highest BCUT2D eigenvalue weighted by atomic mass is 32.2. The second-order valence-electron chi connectivity index (χ2n) is 6.49. The van der Waals surface area contributed by atoms with Gasteiger partial charge in [0.05, 0.1) is 12.2 Å². The number of carbonyl (C=O) groups excluding carboxylic acids is 1. The summed E-state index contributed by atoms with van der Waals surface area (Å²) in [7, 11) is 0. The molecule has 0 spiro atoms. The van der Waals surface area contributed by atoms with Gasteiger partial charge in [0.15, 0.2) is 5.76 Å². The Morgan fingerprint density at radius 2 is 1.89 bits per heavy atom. The number of hydrogen-bond acceptors (Lipinski definition) is 5. The summed E-state index contributed by atoms with van der Waals surface area (Å²) in [5, 5.41) is 3.87. The van der Waals surface area contributed by atoms with Crippen molar-refractivity contribution >= 4 is 23.7 Å². The van der Waals surface area contributed by atoms with E-state index in [1.807, 2.05) is 13.0 Å². The Bertz CT molecular complexity index is 826. The van der Waals surface area contributed by atoms with Crippen molar-refractivity contribution in [2.75, 3.05) is 26.2 Å². The number of thioether (sulfide) groups is 1. The lowest BCUT2D eigenvalue weighted by atomic mass is 10.2. The summed E-state index contributed by atoms with van der Waals surface area (Å²) in [5.74, 6) is 0.702. The second-order valence-corrected chi connectivity index (χ2v) is 7.62. The number of aryl methyl sites for hydroxylation is 1. The van der Waals surface area contributed by atoms with Crippen LogP contribution in [-0.4, -0.2) is 52.6 Å². The third-order valence-electron chi connectivity index (χ3n) is 4.27. The Hall–Kier alpha value is -2.26. The van der Waals surface area contributed by atoms with Gasteiger partial charge in [-0.05, 0) is 42.5 Å². The van der Waals surface area contributed by atoms with Crippen molar-refractivity contribution < 1.29 is 22.5 Å². The molecule has 5 nitrogen and oxygen atoms in total. The highest BCUT2D eigenvalue weighted by Crippen LogP contribution is 2.36. The van der Waals surface area contributed by atoms with Crippen LogP contribution in [0.3, 0.4) is 0 Å². The van der Waals surface area contributed by atoms with Crippen molar-refractivity contribution in [2.45, 2.75) is 23.9 Å².